The molecular weight excluding hydrogens is 114 g/mol. The Morgan fingerprint density at radius 2 is 2.00 bits per heavy atom. The molecule has 1 heterocycles. The van der Waals surface area contributed by atoms with E-state index in [1.807, 2.05) is 0 Å². The van der Waals surface area contributed by atoms with Gasteiger partial charge in [-0.1, -0.05) is 0 Å². The number of β-amino-alcohol motifs (C(OH)–C–C–N with tert-alkyl or cyclic N) is 1. The minimum Gasteiger partial charge on any atom is -0.395 e. The van der Waals surface area contributed by atoms with E-state index in [1.54, 1.807) is 0 Å². The fourth-order valence-corrected chi connectivity index (χ4v) is 1.69. The molecule has 2 aliphatic rings. The third kappa shape index (κ3) is 0.864. The third-order valence-electron chi connectivity index (χ3n) is 2.49. The molecule has 2 heteroatoms. The first kappa shape index (κ1) is 5.69. The predicted molar refractivity (Wildman–Crippen MR) is 35.2 cm³/mol. The number of nitrogens with zero attached hydrogens (tertiary/aromatic N) is 1. The third-order valence-corrected chi connectivity index (χ3v) is 2.49. The van der Waals surface area contributed by atoms with Crippen molar-refractivity contribution in [1.29, 1.82) is 0 Å². The van der Waals surface area contributed by atoms with Crippen LogP contribution in [0, 0.1) is 5.41 Å². The van der Waals surface area contributed by atoms with Crippen molar-refractivity contribution in [1.82, 2.24) is 4.90 Å². The molecule has 1 saturated carbocycles. The molecule has 0 bridgehead atoms. The summed E-state index contributed by atoms with van der Waals surface area (Å²) < 4.78 is 0. The van der Waals surface area contributed by atoms with Crippen molar-refractivity contribution in [3.8, 4) is 0 Å². The van der Waals surface area contributed by atoms with E-state index in [9.17, 15) is 0 Å². The quantitative estimate of drug-likeness (QED) is 0.567. The highest BCUT2D eigenvalue weighted by Gasteiger charge is 2.51. The van der Waals surface area contributed by atoms with E-state index >= 15 is 0 Å². The molecule has 1 N–H and O–H groups in total. The molecule has 0 unspecified atom stereocenters. The molecule has 1 spiro atoms. The lowest BCUT2D eigenvalue weighted by molar-refractivity contribution is 0.0624. The van der Waals surface area contributed by atoms with Crippen LogP contribution in [0.1, 0.15) is 12.8 Å². The Balaban J connectivity index is 1.71. The molecule has 0 amide bonds. The van der Waals surface area contributed by atoms with Crippen LogP contribution in [0.2, 0.25) is 0 Å². The van der Waals surface area contributed by atoms with Crippen molar-refractivity contribution < 1.29 is 5.11 Å². The molecule has 0 aromatic carbocycles. The summed E-state index contributed by atoms with van der Waals surface area (Å²) in [6.07, 6.45) is 2.88. The van der Waals surface area contributed by atoms with Gasteiger partial charge in [0, 0.05) is 19.6 Å². The van der Waals surface area contributed by atoms with Crippen molar-refractivity contribution in [2.24, 2.45) is 5.41 Å². The van der Waals surface area contributed by atoms with Crippen molar-refractivity contribution >= 4 is 0 Å². The molecule has 52 valence electrons. The van der Waals surface area contributed by atoms with E-state index in [4.69, 9.17) is 5.11 Å². The summed E-state index contributed by atoms with van der Waals surface area (Å²) in [5.41, 5.74) is 0.759. The first-order valence-corrected chi connectivity index (χ1v) is 3.68. The second-order valence-electron chi connectivity index (χ2n) is 3.43. The molecule has 9 heavy (non-hydrogen) atoms. The van der Waals surface area contributed by atoms with Gasteiger partial charge < -0.3 is 5.11 Å². The van der Waals surface area contributed by atoms with Crippen molar-refractivity contribution in [3.05, 3.63) is 0 Å². The van der Waals surface area contributed by atoms with Gasteiger partial charge in [-0.2, -0.15) is 0 Å². The molecule has 1 aliphatic carbocycles. The number of rotatable bonds is 2. The Kier molecular flexibility index (Phi) is 1.08. The van der Waals surface area contributed by atoms with Gasteiger partial charge in [-0.25, -0.2) is 0 Å². The molecule has 1 saturated heterocycles. The topological polar surface area (TPSA) is 23.5 Å². The molecule has 2 nitrogen and oxygen atoms in total. The van der Waals surface area contributed by atoms with E-state index in [0.29, 0.717) is 6.61 Å². The first-order valence-electron chi connectivity index (χ1n) is 3.68. The SMILES string of the molecule is OCCN1CC2(CC2)C1. The van der Waals surface area contributed by atoms with Gasteiger partial charge in [-0.3, -0.25) is 4.90 Å². The van der Waals surface area contributed by atoms with Crippen LogP contribution in [0.5, 0.6) is 0 Å². The maximum atomic E-state index is 8.55. The molecule has 0 atom stereocenters. The summed E-state index contributed by atoms with van der Waals surface area (Å²) in [4.78, 5) is 2.33. The van der Waals surface area contributed by atoms with Crippen molar-refractivity contribution in [2.75, 3.05) is 26.2 Å². The van der Waals surface area contributed by atoms with E-state index in [-0.39, 0.29) is 0 Å². The lowest BCUT2D eigenvalue weighted by Crippen LogP contribution is -2.49. The summed E-state index contributed by atoms with van der Waals surface area (Å²) in [7, 11) is 0. The number of aliphatic hydroxyl groups excluding tert-OH is 1. The highest BCUT2D eigenvalue weighted by atomic mass is 16.3. The Bertz CT molecular complexity index is 112. The van der Waals surface area contributed by atoms with Gasteiger partial charge >= 0.3 is 0 Å². The smallest absolute Gasteiger partial charge is 0.0558 e. The molecule has 2 rings (SSSR count). The minimum absolute atomic E-state index is 0.329. The van der Waals surface area contributed by atoms with Crippen molar-refractivity contribution in [3.63, 3.8) is 0 Å². The number of hydrogen-bond donors (Lipinski definition) is 1. The minimum atomic E-state index is 0.329. The Morgan fingerprint density at radius 3 is 2.44 bits per heavy atom. The van der Waals surface area contributed by atoms with E-state index in [0.717, 1.165) is 12.0 Å². The van der Waals surface area contributed by atoms with Crippen LogP contribution in [0.25, 0.3) is 0 Å². The largest absolute Gasteiger partial charge is 0.395 e. The molecule has 0 aromatic rings. The highest BCUT2D eigenvalue weighted by Crippen LogP contribution is 2.52. The lowest BCUT2D eigenvalue weighted by Gasteiger charge is -2.39. The fourth-order valence-electron chi connectivity index (χ4n) is 1.69. The van der Waals surface area contributed by atoms with Crippen LogP contribution in [-0.4, -0.2) is 36.2 Å². The average Bonchev–Trinajstić information content (AvgIpc) is 2.45. The van der Waals surface area contributed by atoms with Crippen molar-refractivity contribution in [2.45, 2.75) is 12.8 Å². The second kappa shape index (κ2) is 1.70. The van der Waals surface area contributed by atoms with Gasteiger partial charge in [0.1, 0.15) is 0 Å². The number of likely N-dealkylation sites (tertiary alicyclic amines) is 1. The van der Waals surface area contributed by atoms with Gasteiger partial charge in [-0.15, -0.1) is 0 Å². The van der Waals surface area contributed by atoms with E-state index in [1.165, 1.54) is 25.9 Å². The Morgan fingerprint density at radius 1 is 1.33 bits per heavy atom. The van der Waals surface area contributed by atoms with Gasteiger partial charge in [-0.05, 0) is 18.3 Å². The second-order valence-corrected chi connectivity index (χ2v) is 3.43. The molecule has 0 radical (unpaired) electrons. The summed E-state index contributed by atoms with van der Waals surface area (Å²) in [6.45, 7) is 3.74. The molecule has 0 aromatic heterocycles. The number of hydrogen-bond acceptors (Lipinski definition) is 2. The lowest BCUT2D eigenvalue weighted by atomic mass is 9.97. The molecular formula is C7H13NO. The van der Waals surface area contributed by atoms with Crippen LogP contribution in [0.3, 0.4) is 0 Å². The van der Waals surface area contributed by atoms with Crippen LogP contribution < -0.4 is 0 Å². The normalized spacial score (nSPS) is 30.3. The van der Waals surface area contributed by atoms with Gasteiger partial charge in [0.25, 0.3) is 0 Å². The maximum absolute atomic E-state index is 8.55. The molecule has 2 fully saturated rings. The zero-order valence-electron chi connectivity index (χ0n) is 5.64. The Hall–Kier alpha value is -0.0800. The fraction of sp³-hybridized carbons (Fsp3) is 1.00. The maximum Gasteiger partial charge on any atom is 0.0558 e. The summed E-state index contributed by atoms with van der Waals surface area (Å²) >= 11 is 0. The summed E-state index contributed by atoms with van der Waals surface area (Å²) in [5, 5.41) is 8.55. The van der Waals surface area contributed by atoms with Crippen LogP contribution in [-0.2, 0) is 0 Å². The predicted octanol–water partition coefficient (Wildman–Crippen LogP) is 0.0745. The van der Waals surface area contributed by atoms with Gasteiger partial charge in [0.2, 0.25) is 0 Å². The highest BCUT2D eigenvalue weighted by molar-refractivity contribution is 5.04. The molecule has 1 aliphatic heterocycles. The first-order chi connectivity index (χ1) is 4.35. The van der Waals surface area contributed by atoms with E-state index < -0.39 is 0 Å². The zero-order chi connectivity index (χ0) is 6.32. The monoisotopic (exact) mass is 127 g/mol. The van der Waals surface area contributed by atoms with Gasteiger partial charge in [0.05, 0.1) is 6.61 Å². The average molecular weight is 127 g/mol. The number of aliphatic hydroxyl groups is 1. The van der Waals surface area contributed by atoms with Crippen LogP contribution in [0.15, 0.2) is 0 Å². The zero-order valence-corrected chi connectivity index (χ0v) is 5.64. The standard InChI is InChI=1S/C7H13NO/c9-4-3-8-5-7(6-8)1-2-7/h9H,1-6H2. The summed E-state index contributed by atoms with van der Waals surface area (Å²) in [5.74, 6) is 0. The van der Waals surface area contributed by atoms with Crippen LogP contribution in [0.4, 0.5) is 0 Å². The van der Waals surface area contributed by atoms with Crippen LogP contribution >= 0.6 is 0 Å². The summed E-state index contributed by atoms with van der Waals surface area (Å²) in [6, 6.07) is 0. The van der Waals surface area contributed by atoms with Gasteiger partial charge in [0.15, 0.2) is 0 Å². The van der Waals surface area contributed by atoms with E-state index in [2.05, 4.69) is 4.90 Å². The Labute approximate surface area is 55.5 Å².